The summed E-state index contributed by atoms with van der Waals surface area (Å²) in [5.41, 5.74) is 0.737. The minimum atomic E-state index is -0.0433. The molecule has 2 aromatic rings. The van der Waals surface area contributed by atoms with Gasteiger partial charge in [-0.1, -0.05) is 36.0 Å². The molecule has 1 aromatic heterocycles. The number of nitrogens with zero attached hydrogens (tertiary/aromatic N) is 1. The lowest BCUT2D eigenvalue weighted by atomic mass is 10.2. The molecule has 0 aliphatic carbocycles. The molecule has 0 spiro atoms. The molecule has 0 saturated carbocycles. The second-order valence-electron chi connectivity index (χ2n) is 5.49. The Morgan fingerprint density at radius 1 is 1.00 bits per heavy atom. The van der Waals surface area contributed by atoms with Crippen LogP contribution < -0.4 is 0 Å². The van der Waals surface area contributed by atoms with Gasteiger partial charge in [-0.15, -0.1) is 0 Å². The lowest BCUT2D eigenvalue weighted by Gasteiger charge is -2.18. The topological polar surface area (TPSA) is 33.5 Å². The molecule has 0 N–H and O–H groups in total. The van der Waals surface area contributed by atoms with Gasteiger partial charge in [-0.25, -0.2) is 0 Å². The first-order chi connectivity index (χ1) is 10.6. The first-order valence-electron chi connectivity index (χ1n) is 7.50. The van der Waals surface area contributed by atoms with Crippen LogP contribution in [0, 0.1) is 0 Å². The Morgan fingerprint density at radius 2 is 1.73 bits per heavy atom. The van der Waals surface area contributed by atoms with E-state index in [1.165, 1.54) is 12.8 Å². The zero-order valence-corrected chi connectivity index (χ0v) is 13.7. The van der Waals surface area contributed by atoms with E-state index >= 15 is 0 Å². The zero-order chi connectivity index (χ0) is 15.5. The van der Waals surface area contributed by atoms with Crippen molar-refractivity contribution in [1.82, 2.24) is 4.90 Å². The van der Waals surface area contributed by atoms with Gasteiger partial charge in [0.2, 0.25) is 0 Å². The van der Waals surface area contributed by atoms with E-state index in [9.17, 15) is 4.79 Å². The maximum atomic E-state index is 12.5. The van der Waals surface area contributed by atoms with Crippen LogP contribution in [0.2, 0.25) is 10.0 Å². The van der Waals surface area contributed by atoms with Gasteiger partial charge in [0.05, 0.1) is 5.02 Å². The molecular formula is C17H17Cl2NO2. The molecule has 2 heterocycles. The number of carbonyl (C=O) groups excluding carboxylic acids is 1. The predicted octanol–water partition coefficient (Wildman–Crippen LogP) is 5.27. The van der Waals surface area contributed by atoms with Crippen LogP contribution in [0.15, 0.2) is 34.7 Å². The fraction of sp³-hybridized carbons (Fsp3) is 0.353. The molecule has 1 amide bonds. The molecule has 5 heteroatoms. The molecule has 3 rings (SSSR count). The van der Waals surface area contributed by atoms with Crippen molar-refractivity contribution in [2.45, 2.75) is 25.7 Å². The number of hydrogen-bond donors (Lipinski definition) is 0. The van der Waals surface area contributed by atoms with Gasteiger partial charge < -0.3 is 9.32 Å². The third-order valence-electron chi connectivity index (χ3n) is 3.91. The van der Waals surface area contributed by atoms with Crippen LogP contribution in [0.3, 0.4) is 0 Å². The van der Waals surface area contributed by atoms with Crippen molar-refractivity contribution in [3.05, 3.63) is 46.1 Å². The highest BCUT2D eigenvalue weighted by Gasteiger charge is 2.21. The molecule has 1 fully saturated rings. The van der Waals surface area contributed by atoms with Crippen molar-refractivity contribution < 1.29 is 9.21 Å². The Balaban J connectivity index is 1.82. The standard InChI is InChI=1S/C17H17Cl2NO2/c18-12-5-6-13(14(19)11-12)15-7-8-16(22-15)17(21)20-9-3-1-2-4-10-20/h5-8,11H,1-4,9-10H2. The maximum absolute atomic E-state index is 12.5. The number of hydrogen-bond acceptors (Lipinski definition) is 2. The summed E-state index contributed by atoms with van der Waals surface area (Å²) in [6.07, 6.45) is 4.49. The van der Waals surface area contributed by atoms with Crippen LogP contribution in [0.4, 0.5) is 0 Å². The Kier molecular flexibility index (Phi) is 4.74. The number of halogens is 2. The first-order valence-corrected chi connectivity index (χ1v) is 8.25. The van der Waals surface area contributed by atoms with E-state index < -0.39 is 0 Å². The molecule has 116 valence electrons. The van der Waals surface area contributed by atoms with Gasteiger partial charge in [0.25, 0.3) is 5.91 Å². The number of rotatable bonds is 2. The number of likely N-dealkylation sites (tertiary alicyclic amines) is 1. The Bertz CT molecular complexity index is 673. The third-order valence-corrected chi connectivity index (χ3v) is 4.45. The van der Waals surface area contributed by atoms with Gasteiger partial charge in [-0.3, -0.25) is 4.79 Å². The van der Waals surface area contributed by atoms with E-state index in [-0.39, 0.29) is 5.91 Å². The van der Waals surface area contributed by atoms with E-state index in [1.807, 2.05) is 4.90 Å². The van der Waals surface area contributed by atoms with Crippen molar-refractivity contribution in [3.8, 4) is 11.3 Å². The van der Waals surface area contributed by atoms with Gasteiger partial charge in [0.15, 0.2) is 5.76 Å². The van der Waals surface area contributed by atoms with Crippen LogP contribution in [0.1, 0.15) is 36.2 Å². The first kappa shape index (κ1) is 15.4. The maximum Gasteiger partial charge on any atom is 0.289 e. The van der Waals surface area contributed by atoms with Gasteiger partial charge in [0, 0.05) is 23.7 Å². The SMILES string of the molecule is O=C(c1ccc(-c2ccc(Cl)cc2Cl)o1)N1CCCCCC1. The molecule has 1 aliphatic heterocycles. The second kappa shape index (κ2) is 6.76. The summed E-state index contributed by atoms with van der Waals surface area (Å²) < 4.78 is 5.73. The normalized spacial score (nSPS) is 15.6. The van der Waals surface area contributed by atoms with Crippen LogP contribution in [0.25, 0.3) is 11.3 Å². The number of furan rings is 1. The van der Waals surface area contributed by atoms with Gasteiger partial charge in [-0.2, -0.15) is 0 Å². The van der Waals surface area contributed by atoms with Crippen molar-refractivity contribution in [2.24, 2.45) is 0 Å². The summed E-state index contributed by atoms with van der Waals surface area (Å²) in [5, 5.41) is 1.08. The van der Waals surface area contributed by atoms with E-state index in [1.54, 1.807) is 30.3 Å². The summed E-state index contributed by atoms with van der Waals surface area (Å²) in [5.74, 6) is 0.904. The number of carbonyl (C=O) groups is 1. The fourth-order valence-corrected chi connectivity index (χ4v) is 3.22. The van der Waals surface area contributed by atoms with Crippen LogP contribution >= 0.6 is 23.2 Å². The average Bonchev–Trinajstić information content (AvgIpc) is 2.81. The van der Waals surface area contributed by atoms with Gasteiger partial charge in [-0.05, 0) is 43.2 Å². The average molecular weight is 338 g/mol. The summed E-state index contributed by atoms with van der Waals surface area (Å²) in [4.78, 5) is 14.4. The summed E-state index contributed by atoms with van der Waals surface area (Å²) >= 11 is 12.1. The van der Waals surface area contributed by atoms with E-state index in [0.29, 0.717) is 21.6 Å². The smallest absolute Gasteiger partial charge is 0.289 e. The van der Waals surface area contributed by atoms with Crippen LogP contribution in [-0.4, -0.2) is 23.9 Å². The molecule has 0 unspecified atom stereocenters. The fourth-order valence-electron chi connectivity index (χ4n) is 2.72. The Morgan fingerprint density at radius 3 is 2.41 bits per heavy atom. The number of amides is 1. The highest BCUT2D eigenvalue weighted by molar-refractivity contribution is 6.36. The Hall–Kier alpha value is -1.45. The van der Waals surface area contributed by atoms with E-state index in [0.717, 1.165) is 31.5 Å². The van der Waals surface area contributed by atoms with E-state index in [4.69, 9.17) is 27.6 Å². The Labute approximate surface area is 139 Å². The third kappa shape index (κ3) is 3.31. The molecule has 0 atom stereocenters. The minimum Gasteiger partial charge on any atom is -0.451 e. The van der Waals surface area contributed by atoms with Crippen molar-refractivity contribution >= 4 is 29.1 Å². The highest BCUT2D eigenvalue weighted by atomic mass is 35.5. The van der Waals surface area contributed by atoms with E-state index in [2.05, 4.69) is 0 Å². The van der Waals surface area contributed by atoms with Crippen molar-refractivity contribution in [3.63, 3.8) is 0 Å². The van der Waals surface area contributed by atoms with Crippen LogP contribution in [-0.2, 0) is 0 Å². The largest absolute Gasteiger partial charge is 0.451 e. The molecule has 0 bridgehead atoms. The van der Waals surface area contributed by atoms with Gasteiger partial charge >= 0.3 is 0 Å². The van der Waals surface area contributed by atoms with Crippen molar-refractivity contribution in [1.29, 1.82) is 0 Å². The minimum absolute atomic E-state index is 0.0433. The summed E-state index contributed by atoms with van der Waals surface area (Å²) in [6, 6.07) is 8.70. The highest BCUT2D eigenvalue weighted by Crippen LogP contribution is 2.31. The molecule has 22 heavy (non-hydrogen) atoms. The molecular weight excluding hydrogens is 321 g/mol. The second-order valence-corrected chi connectivity index (χ2v) is 6.34. The summed E-state index contributed by atoms with van der Waals surface area (Å²) in [7, 11) is 0. The lowest BCUT2D eigenvalue weighted by molar-refractivity contribution is 0.0730. The van der Waals surface area contributed by atoms with Gasteiger partial charge in [0.1, 0.15) is 5.76 Å². The molecule has 0 radical (unpaired) electrons. The molecule has 1 aliphatic rings. The molecule has 3 nitrogen and oxygen atoms in total. The quantitative estimate of drug-likeness (QED) is 0.747. The van der Waals surface area contributed by atoms with Crippen LogP contribution in [0.5, 0.6) is 0 Å². The molecule has 1 aromatic carbocycles. The predicted molar refractivity (Wildman–Crippen MR) is 88.5 cm³/mol. The monoisotopic (exact) mass is 337 g/mol. The molecule has 1 saturated heterocycles. The lowest BCUT2D eigenvalue weighted by Crippen LogP contribution is -2.31. The zero-order valence-electron chi connectivity index (χ0n) is 12.1. The van der Waals surface area contributed by atoms with Crippen molar-refractivity contribution in [2.75, 3.05) is 13.1 Å². The summed E-state index contributed by atoms with van der Waals surface area (Å²) in [6.45, 7) is 1.60. The number of benzene rings is 1.